The average molecular weight is 478 g/mol. The van der Waals surface area contributed by atoms with Crippen LogP contribution in [0.1, 0.15) is 12.5 Å². The number of rotatable bonds is 6. The van der Waals surface area contributed by atoms with Crippen molar-refractivity contribution in [2.45, 2.75) is 13.5 Å². The molecule has 1 aromatic carbocycles. The van der Waals surface area contributed by atoms with Crippen molar-refractivity contribution in [2.75, 3.05) is 5.43 Å². The van der Waals surface area contributed by atoms with E-state index in [1.165, 1.54) is 11.6 Å². The Morgan fingerprint density at radius 1 is 1.34 bits per heavy atom. The van der Waals surface area contributed by atoms with Crippen LogP contribution < -0.4 is 16.7 Å². The van der Waals surface area contributed by atoms with Crippen LogP contribution in [0.25, 0.3) is 17.2 Å². The lowest BCUT2D eigenvalue weighted by Gasteiger charge is -2.05. The number of anilines is 1. The molecular weight excluding hydrogens is 460 g/mol. The topological polar surface area (TPSA) is 97.1 Å². The van der Waals surface area contributed by atoms with E-state index in [2.05, 4.69) is 36.4 Å². The summed E-state index contributed by atoms with van der Waals surface area (Å²) in [7, 11) is 1.53. The van der Waals surface area contributed by atoms with E-state index in [1.54, 1.807) is 23.8 Å². The maximum atomic E-state index is 12.3. The van der Waals surface area contributed by atoms with E-state index < -0.39 is 11.2 Å². The van der Waals surface area contributed by atoms with Gasteiger partial charge in [-0.15, -0.1) is 0 Å². The van der Waals surface area contributed by atoms with Crippen molar-refractivity contribution in [2.24, 2.45) is 12.1 Å². The average Bonchev–Trinajstić information content (AvgIpc) is 3.04. The lowest BCUT2D eigenvalue weighted by atomic mass is 10.2. The standard InChI is InChI=1S/C19H18BrClN6O2/c1-12(21)8-9-27-15-16(26(2)19(29)24-17(15)28)23-18(27)25-22-11-14(20)10-13-6-4-3-5-7-13/h3-8,10-11H,9H2,1-2H3,(H,23,25)(H,24,28,29)/b12-8-,14-10-,22-11+. The molecule has 3 aromatic rings. The normalized spacial score (nSPS) is 12.8. The van der Waals surface area contributed by atoms with Gasteiger partial charge >= 0.3 is 5.69 Å². The first-order chi connectivity index (χ1) is 13.9. The summed E-state index contributed by atoms with van der Waals surface area (Å²) in [4.78, 5) is 30.9. The summed E-state index contributed by atoms with van der Waals surface area (Å²) >= 11 is 9.38. The number of hydrazone groups is 1. The van der Waals surface area contributed by atoms with Crippen molar-refractivity contribution >= 4 is 56.9 Å². The summed E-state index contributed by atoms with van der Waals surface area (Å²) < 4.78 is 3.61. The molecule has 0 radical (unpaired) electrons. The lowest BCUT2D eigenvalue weighted by Crippen LogP contribution is -2.29. The monoisotopic (exact) mass is 476 g/mol. The highest BCUT2D eigenvalue weighted by molar-refractivity contribution is 9.12. The van der Waals surface area contributed by atoms with Crippen LogP contribution in [-0.4, -0.2) is 25.3 Å². The number of imidazole rings is 1. The maximum absolute atomic E-state index is 12.3. The van der Waals surface area contributed by atoms with Crippen molar-refractivity contribution in [1.29, 1.82) is 0 Å². The van der Waals surface area contributed by atoms with Crippen LogP contribution in [0.4, 0.5) is 5.95 Å². The van der Waals surface area contributed by atoms with Gasteiger partial charge in [-0.2, -0.15) is 10.1 Å². The number of aromatic amines is 1. The minimum absolute atomic E-state index is 0.246. The molecule has 10 heteroatoms. The summed E-state index contributed by atoms with van der Waals surface area (Å²) in [5.74, 6) is 0.303. The highest BCUT2D eigenvalue weighted by Gasteiger charge is 2.16. The molecule has 29 heavy (non-hydrogen) atoms. The zero-order chi connectivity index (χ0) is 21.0. The van der Waals surface area contributed by atoms with Crippen LogP contribution in [0, 0.1) is 0 Å². The molecule has 2 aromatic heterocycles. The molecular formula is C19H18BrClN6O2. The van der Waals surface area contributed by atoms with Crippen molar-refractivity contribution < 1.29 is 0 Å². The Morgan fingerprint density at radius 3 is 2.76 bits per heavy atom. The molecule has 2 N–H and O–H groups in total. The van der Waals surface area contributed by atoms with E-state index in [0.717, 1.165) is 10.0 Å². The van der Waals surface area contributed by atoms with Gasteiger partial charge in [0.1, 0.15) is 0 Å². The summed E-state index contributed by atoms with van der Waals surface area (Å²) in [5.41, 5.74) is 3.27. The van der Waals surface area contributed by atoms with E-state index in [1.807, 2.05) is 36.4 Å². The third-order valence-electron chi connectivity index (χ3n) is 4.02. The number of hydrogen-bond acceptors (Lipinski definition) is 5. The molecule has 0 saturated carbocycles. The summed E-state index contributed by atoms with van der Waals surface area (Å²) in [6.07, 6.45) is 5.21. The fourth-order valence-electron chi connectivity index (χ4n) is 2.61. The number of halogens is 2. The zero-order valence-electron chi connectivity index (χ0n) is 15.7. The number of aryl methyl sites for hydroxylation is 1. The number of aromatic nitrogens is 4. The third-order valence-corrected chi connectivity index (χ3v) is 4.61. The second kappa shape index (κ2) is 9.06. The van der Waals surface area contributed by atoms with Gasteiger partial charge in [-0.1, -0.05) is 48.0 Å². The number of nitrogens with one attached hydrogen (secondary N) is 2. The van der Waals surface area contributed by atoms with Gasteiger partial charge < -0.3 is 0 Å². The van der Waals surface area contributed by atoms with Crippen LogP contribution in [0.15, 0.2) is 60.6 Å². The Hall–Kier alpha value is -2.91. The molecule has 150 valence electrons. The van der Waals surface area contributed by atoms with Crippen molar-refractivity contribution in [3.05, 3.63) is 72.3 Å². The molecule has 2 heterocycles. The van der Waals surface area contributed by atoms with Gasteiger partial charge in [-0.05, 0) is 34.5 Å². The number of fused-ring (bicyclic) bond motifs is 1. The van der Waals surface area contributed by atoms with E-state index in [-0.39, 0.29) is 17.7 Å². The molecule has 0 unspecified atom stereocenters. The Labute approximate surface area is 179 Å². The van der Waals surface area contributed by atoms with Gasteiger partial charge in [0.2, 0.25) is 5.95 Å². The van der Waals surface area contributed by atoms with Crippen molar-refractivity contribution in [3.63, 3.8) is 0 Å². The molecule has 0 amide bonds. The van der Waals surface area contributed by atoms with Crippen LogP contribution >= 0.6 is 27.5 Å². The minimum atomic E-state index is -0.542. The first-order valence-electron chi connectivity index (χ1n) is 8.60. The molecule has 0 aliphatic heterocycles. The largest absolute Gasteiger partial charge is 0.329 e. The van der Waals surface area contributed by atoms with Crippen LogP contribution in [0.2, 0.25) is 0 Å². The second-order valence-electron chi connectivity index (χ2n) is 6.14. The first-order valence-corrected chi connectivity index (χ1v) is 9.77. The minimum Gasteiger partial charge on any atom is -0.299 e. The summed E-state index contributed by atoms with van der Waals surface area (Å²) in [6.45, 7) is 2.02. The summed E-state index contributed by atoms with van der Waals surface area (Å²) in [6, 6.07) is 9.76. The van der Waals surface area contributed by atoms with Crippen LogP contribution in [-0.2, 0) is 13.6 Å². The molecule has 0 atom stereocenters. The number of allylic oxidation sites excluding steroid dienone is 3. The molecule has 0 saturated heterocycles. The van der Waals surface area contributed by atoms with Crippen molar-refractivity contribution in [3.8, 4) is 0 Å². The Balaban J connectivity index is 1.97. The quantitative estimate of drug-likeness (QED) is 0.420. The SMILES string of the molecule is C/C(Cl)=C/Cn1c(N/N=C/C(Br)=C/c2ccccc2)nc2c1c(=O)[nH]c(=O)n2C. The fourth-order valence-corrected chi connectivity index (χ4v) is 3.05. The number of benzene rings is 1. The first kappa shape index (κ1) is 20.8. The molecule has 3 rings (SSSR count). The van der Waals surface area contributed by atoms with Crippen LogP contribution in [0.3, 0.4) is 0 Å². The molecule has 0 aliphatic rings. The summed E-state index contributed by atoms with van der Waals surface area (Å²) in [5, 5.41) is 4.74. The van der Waals surface area contributed by atoms with Gasteiger partial charge in [-0.3, -0.25) is 18.9 Å². The predicted molar refractivity (Wildman–Crippen MR) is 121 cm³/mol. The van der Waals surface area contributed by atoms with Gasteiger partial charge in [-0.25, -0.2) is 10.2 Å². The molecule has 0 fully saturated rings. The van der Waals surface area contributed by atoms with Gasteiger partial charge in [0.05, 0.1) is 6.21 Å². The molecule has 0 aliphatic carbocycles. The van der Waals surface area contributed by atoms with E-state index >= 15 is 0 Å². The van der Waals surface area contributed by atoms with E-state index in [9.17, 15) is 9.59 Å². The van der Waals surface area contributed by atoms with Crippen LogP contribution in [0.5, 0.6) is 0 Å². The fraction of sp³-hybridized carbons (Fsp3) is 0.158. The molecule has 0 spiro atoms. The Kier molecular flexibility index (Phi) is 6.50. The molecule has 8 nitrogen and oxygen atoms in total. The maximum Gasteiger partial charge on any atom is 0.329 e. The lowest BCUT2D eigenvalue weighted by molar-refractivity contribution is 0.818. The molecule has 0 bridgehead atoms. The van der Waals surface area contributed by atoms with Gasteiger partial charge in [0.15, 0.2) is 11.2 Å². The van der Waals surface area contributed by atoms with Gasteiger partial charge in [0, 0.05) is 23.1 Å². The van der Waals surface area contributed by atoms with E-state index in [4.69, 9.17) is 11.6 Å². The van der Waals surface area contributed by atoms with E-state index in [0.29, 0.717) is 11.0 Å². The third kappa shape index (κ3) is 4.93. The Morgan fingerprint density at radius 2 is 2.07 bits per heavy atom. The smallest absolute Gasteiger partial charge is 0.299 e. The zero-order valence-corrected chi connectivity index (χ0v) is 18.0. The van der Waals surface area contributed by atoms with Gasteiger partial charge in [0.25, 0.3) is 5.56 Å². The second-order valence-corrected chi connectivity index (χ2v) is 7.65. The number of nitrogens with zero attached hydrogens (tertiary/aromatic N) is 4. The van der Waals surface area contributed by atoms with Crippen molar-refractivity contribution in [1.82, 2.24) is 19.1 Å². The number of H-pyrrole nitrogens is 1. The number of hydrogen-bond donors (Lipinski definition) is 2. The predicted octanol–water partition coefficient (Wildman–Crippen LogP) is 3.40. The Bertz CT molecular complexity index is 1230. The highest BCUT2D eigenvalue weighted by atomic mass is 79.9. The highest BCUT2D eigenvalue weighted by Crippen LogP contribution is 2.17.